The third kappa shape index (κ3) is 6.69. The van der Waals surface area contributed by atoms with E-state index in [1.807, 2.05) is 68.6 Å². The first-order valence-corrected chi connectivity index (χ1v) is 11.2. The summed E-state index contributed by atoms with van der Waals surface area (Å²) in [5, 5.41) is 15.3. The van der Waals surface area contributed by atoms with Gasteiger partial charge in [0.1, 0.15) is 18.1 Å². The fraction of sp³-hybridized carbons (Fsp3) is 0.370. The van der Waals surface area contributed by atoms with Gasteiger partial charge in [-0.05, 0) is 38.5 Å². The average Bonchev–Trinajstić information content (AvgIpc) is 3.09. The number of terminal acetylenes is 1. The fourth-order valence-corrected chi connectivity index (χ4v) is 3.68. The maximum atomic E-state index is 10.5. The maximum Gasteiger partial charge on any atom is 0.222 e. The molecule has 0 radical (unpaired) electrons. The van der Waals surface area contributed by atoms with Crippen molar-refractivity contribution in [3.8, 4) is 35.2 Å². The molecule has 1 atom stereocenters. The molecule has 6 heteroatoms. The Morgan fingerprint density at radius 2 is 1.91 bits per heavy atom. The van der Waals surface area contributed by atoms with Crippen LogP contribution in [0.2, 0.25) is 0 Å². The molecule has 0 aliphatic heterocycles. The van der Waals surface area contributed by atoms with E-state index < -0.39 is 6.10 Å². The van der Waals surface area contributed by atoms with Gasteiger partial charge in [0.25, 0.3) is 0 Å². The molecule has 1 heterocycles. The first-order valence-electron chi connectivity index (χ1n) is 11.2. The van der Waals surface area contributed by atoms with Crippen LogP contribution in [-0.4, -0.2) is 51.7 Å². The minimum Gasteiger partial charge on any atom is -0.439 e. The van der Waals surface area contributed by atoms with Crippen molar-refractivity contribution >= 4 is 0 Å². The summed E-state index contributed by atoms with van der Waals surface area (Å²) in [6.45, 7) is 7.63. The van der Waals surface area contributed by atoms with Crippen molar-refractivity contribution < 1.29 is 14.6 Å². The molecule has 0 aliphatic carbocycles. The average molecular weight is 448 g/mol. The zero-order valence-electron chi connectivity index (χ0n) is 19.9. The lowest BCUT2D eigenvalue weighted by atomic mass is 10.1. The highest BCUT2D eigenvalue weighted by Gasteiger charge is 2.24. The predicted octanol–water partition coefficient (Wildman–Crippen LogP) is 4.41. The highest BCUT2D eigenvalue weighted by Crippen LogP contribution is 2.34. The highest BCUT2D eigenvalue weighted by molar-refractivity contribution is 5.65. The number of hydrogen-bond donors (Lipinski definition) is 1. The number of hydrogen-bond acceptors (Lipinski definition) is 5. The lowest BCUT2D eigenvalue weighted by molar-refractivity contribution is 0.0191. The summed E-state index contributed by atoms with van der Waals surface area (Å²) in [5.74, 6) is 3.87. The van der Waals surface area contributed by atoms with Crippen LogP contribution in [0.3, 0.4) is 0 Å². The Morgan fingerprint density at radius 3 is 2.58 bits per heavy atom. The zero-order chi connectivity index (χ0) is 23.8. The number of aliphatic hydroxyl groups is 1. The molecule has 2 aromatic carbocycles. The lowest BCUT2D eigenvalue weighted by Gasteiger charge is -2.29. The summed E-state index contributed by atoms with van der Waals surface area (Å²) in [6, 6.07) is 18.2. The van der Waals surface area contributed by atoms with Crippen molar-refractivity contribution in [2.75, 3.05) is 19.8 Å². The number of aliphatic hydroxyl groups excluding tert-OH is 1. The fourth-order valence-electron chi connectivity index (χ4n) is 3.68. The summed E-state index contributed by atoms with van der Waals surface area (Å²) < 4.78 is 13.5. The van der Waals surface area contributed by atoms with E-state index in [0.717, 1.165) is 28.1 Å². The van der Waals surface area contributed by atoms with Crippen LogP contribution in [0, 0.1) is 19.3 Å². The third-order valence-electron chi connectivity index (χ3n) is 5.37. The molecule has 0 saturated heterocycles. The minimum absolute atomic E-state index is 0.183. The van der Waals surface area contributed by atoms with Gasteiger partial charge in [-0.2, -0.15) is 5.10 Å². The second-order valence-electron chi connectivity index (χ2n) is 8.44. The molecule has 3 aromatic rings. The van der Waals surface area contributed by atoms with Crippen LogP contribution in [-0.2, 0) is 18.3 Å². The number of benzene rings is 2. The summed E-state index contributed by atoms with van der Waals surface area (Å²) in [6.07, 6.45) is 4.59. The molecule has 0 amide bonds. The summed E-state index contributed by atoms with van der Waals surface area (Å²) in [4.78, 5) is 2.19. The molecule has 1 aromatic heterocycles. The van der Waals surface area contributed by atoms with Gasteiger partial charge in [0.05, 0.1) is 18.3 Å². The molecule has 0 saturated carbocycles. The van der Waals surface area contributed by atoms with Crippen LogP contribution in [0.5, 0.6) is 11.6 Å². The highest BCUT2D eigenvalue weighted by atomic mass is 16.5. The van der Waals surface area contributed by atoms with Crippen molar-refractivity contribution in [3.63, 3.8) is 0 Å². The second kappa shape index (κ2) is 11.7. The summed E-state index contributed by atoms with van der Waals surface area (Å²) in [7, 11) is 1.89. The Bertz CT molecular complexity index is 1070. The number of aryl methyl sites for hydroxylation is 2. The van der Waals surface area contributed by atoms with Crippen molar-refractivity contribution in [3.05, 3.63) is 65.7 Å². The smallest absolute Gasteiger partial charge is 0.222 e. The van der Waals surface area contributed by atoms with Crippen LogP contribution >= 0.6 is 0 Å². The lowest BCUT2D eigenvalue weighted by Crippen LogP contribution is -2.39. The predicted molar refractivity (Wildman–Crippen MR) is 131 cm³/mol. The Hall–Kier alpha value is -3.11. The molecule has 6 nitrogen and oxygen atoms in total. The van der Waals surface area contributed by atoms with Crippen molar-refractivity contribution in [2.45, 2.75) is 39.5 Å². The molecule has 1 N–H and O–H groups in total. The van der Waals surface area contributed by atoms with E-state index in [1.54, 1.807) is 4.68 Å². The SMILES string of the molecule is C#CCOC[C@H](O)CN(Cc1c(-c2ccccc2)nn(C)c1Oc1cccc(C)c1)C(C)C. The monoisotopic (exact) mass is 447 g/mol. The van der Waals surface area contributed by atoms with Crippen molar-refractivity contribution in [1.29, 1.82) is 0 Å². The van der Waals surface area contributed by atoms with Crippen LogP contribution in [0.4, 0.5) is 0 Å². The number of aromatic nitrogens is 2. The maximum absolute atomic E-state index is 10.5. The molecular weight excluding hydrogens is 414 g/mol. The molecule has 0 fully saturated rings. The number of nitrogens with zero attached hydrogens (tertiary/aromatic N) is 3. The largest absolute Gasteiger partial charge is 0.439 e. The zero-order valence-corrected chi connectivity index (χ0v) is 19.9. The van der Waals surface area contributed by atoms with Crippen molar-refractivity contribution in [2.24, 2.45) is 7.05 Å². The topological polar surface area (TPSA) is 59.8 Å². The van der Waals surface area contributed by atoms with E-state index in [2.05, 4.69) is 24.7 Å². The quantitative estimate of drug-likeness (QED) is 0.349. The summed E-state index contributed by atoms with van der Waals surface area (Å²) >= 11 is 0. The van der Waals surface area contributed by atoms with E-state index in [4.69, 9.17) is 21.0 Å². The van der Waals surface area contributed by atoms with Gasteiger partial charge in [-0.15, -0.1) is 6.42 Å². The summed E-state index contributed by atoms with van der Waals surface area (Å²) in [5.41, 5.74) is 3.97. The van der Waals surface area contributed by atoms with Gasteiger partial charge in [0.2, 0.25) is 5.88 Å². The van der Waals surface area contributed by atoms with Gasteiger partial charge in [0.15, 0.2) is 0 Å². The molecular formula is C27H33N3O3. The molecule has 0 unspecified atom stereocenters. The van der Waals surface area contributed by atoms with E-state index in [9.17, 15) is 5.11 Å². The van der Waals surface area contributed by atoms with Gasteiger partial charge in [-0.3, -0.25) is 4.90 Å². The van der Waals surface area contributed by atoms with Crippen molar-refractivity contribution in [1.82, 2.24) is 14.7 Å². The van der Waals surface area contributed by atoms with Gasteiger partial charge in [-0.1, -0.05) is 48.4 Å². The molecule has 174 valence electrons. The van der Waals surface area contributed by atoms with E-state index in [-0.39, 0.29) is 19.3 Å². The van der Waals surface area contributed by atoms with Crippen LogP contribution in [0.25, 0.3) is 11.3 Å². The molecule has 0 aliphatic rings. The standard InChI is InChI=1S/C27H33N3O3/c1-6-15-32-19-23(31)17-30(20(2)3)18-25-26(22-12-8-7-9-13-22)28-29(5)27(25)33-24-14-10-11-21(4)16-24/h1,7-14,16,20,23,31H,15,17-19H2,2-5H3/t23-/m1/s1. The van der Waals surface area contributed by atoms with Gasteiger partial charge < -0.3 is 14.6 Å². The first-order chi connectivity index (χ1) is 15.9. The Labute approximate surface area is 196 Å². The number of rotatable bonds is 11. The van der Waals surface area contributed by atoms with Crippen LogP contribution < -0.4 is 4.74 Å². The van der Waals surface area contributed by atoms with E-state index in [0.29, 0.717) is 19.0 Å². The van der Waals surface area contributed by atoms with E-state index in [1.165, 1.54) is 0 Å². The van der Waals surface area contributed by atoms with Gasteiger partial charge in [-0.25, -0.2) is 4.68 Å². The van der Waals surface area contributed by atoms with E-state index >= 15 is 0 Å². The normalized spacial score (nSPS) is 12.2. The molecule has 0 spiro atoms. The second-order valence-corrected chi connectivity index (χ2v) is 8.44. The van der Waals surface area contributed by atoms with Gasteiger partial charge in [0, 0.05) is 31.7 Å². The first kappa shape index (κ1) is 24.5. The van der Waals surface area contributed by atoms with Gasteiger partial charge >= 0.3 is 0 Å². The Morgan fingerprint density at radius 1 is 1.15 bits per heavy atom. The third-order valence-corrected chi connectivity index (χ3v) is 5.37. The van der Waals surface area contributed by atoms with Crippen LogP contribution in [0.1, 0.15) is 25.0 Å². The minimum atomic E-state index is -0.654. The molecule has 0 bridgehead atoms. The number of ether oxygens (including phenoxy) is 2. The Kier molecular flexibility index (Phi) is 8.67. The van der Waals surface area contributed by atoms with Crippen LogP contribution in [0.15, 0.2) is 54.6 Å². The Balaban J connectivity index is 1.95. The molecule has 3 rings (SSSR count). The molecule has 33 heavy (non-hydrogen) atoms.